The Labute approximate surface area is 128 Å². The minimum Gasteiger partial charge on any atom is -0.480 e. The summed E-state index contributed by atoms with van der Waals surface area (Å²) in [4.78, 5) is 34.2. The maximum Gasteiger partial charge on any atom is 0.407 e. The number of nitrogens with one attached hydrogen (secondary N) is 2. The average molecular weight is 322 g/mol. The Bertz CT molecular complexity index is 364. The van der Waals surface area contributed by atoms with Gasteiger partial charge in [-0.2, -0.15) is 12.6 Å². The van der Waals surface area contributed by atoms with Crippen LogP contribution in [0.5, 0.6) is 0 Å². The fourth-order valence-corrected chi connectivity index (χ4v) is 1.59. The first-order valence-corrected chi connectivity index (χ1v) is 7.22. The number of unbranched alkanes of at least 4 members (excludes halogenated alkanes) is 1. The van der Waals surface area contributed by atoms with Crippen LogP contribution in [-0.4, -0.2) is 58.7 Å². The SMILES string of the molecule is CCCCOC(=O)N[C@@H](CS)C(=O)N[C@H](C(=O)O)C(C)O. The number of ether oxygens (including phenoxy) is 1. The standard InChI is InChI=1S/C12H22N2O6S/c1-3-4-5-20-12(19)13-8(6-21)10(16)14-9(7(2)15)11(17)18/h7-9,15,21H,3-6H2,1-2H3,(H,13,19)(H,14,16)(H,17,18)/t7?,8-,9-/m0/s1. The van der Waals surface area contributed by atoms with Crippen molar-refractivity contribution in [3.05, 3.63) is 0 Å². The molecule has 0 heterocycles. The molecule has 0 fully saturated rings. The van der Waals surface area contributed by atoms with Crippen LogP contribution in [0.15, 0.2) is 0 Å². The number of carbonyl (C=O) groups is 3. The molecule has 2 amide bonds. The molecule has 0 spiro atoms. The third kappa shape index (κ3) is 7.76. The molecule has 4 N–H and O–H groups in total. The maximum atomic E-state index is 11.9. The summed E-state index contributed by atoms with van der Waals surface area (Å²) >= 11 is 3.92. The second-order valence-corrected chi connectivity index (χ2v) is 4.80. The van der Waals surface area contributed by atoms with Gasteiger partial charge in [0.2, 0.25) is 5.91 Å². The van der Waals surface area contributed by atoms with Gasteiger partial charge in [0, 0.05) is 5.75 Å². The molecule has 0 bridgehead atoms. The second-order valence-electron chi connectivity index (χ2n) is 4.43. The lowest BCUT2D eigenvalue weighted by molar-refractivity contribution is -0.145. The number of aliphatic carboxylic acids is 1. The van der Waals surface area contributed by atoms with Crippen molar-refractivity contribution in [3.63, 3.8) is 0 Å². The fourth-order valence-electron chi connectivity index (χ4n) is 1.33. The summed E-state index contributed by atoms with van der Waals surface area (Å²) < 4.78 is 4.84. The van der Waals surface area contributed by atoms with Crippen molar-refractivity contribution in [2.45, 2.75) is 44.9 Å². The number of carbonyl (C=O) groups excluding carboxylic acids is 2. The van der Waals surface area contributed by atoms with Gasteiger partial charge >= 0.3 is 12.1 Å². The van der Waals surface area contributed by atoms with E-state index < -0.39 is 36.2 Å². The normalized spacial score (nSPS) is 14.7. The van der Waals surface area contributed by atoms with Gasteiger partial charge in [0.25, 0.3) is 0 Å². The summed E-state index contributed by atoms with van der Waals surface area (Å²) in [5.41, 5.74) is 0. The molecular weight excluding hydrogens is 300 g/mol. The van der Waals surface area contributed by atoms with Crippen LogP contribution in [0.2, 0.25) is 0 Å². The lowest BCUT2D eigenvalue weighted by Crippen LogP contribution is -2.55. The molecule has 0 rings (SSSR count). The van der Waals surface area contributed by atoms with Crippen molar-refractivity contribution < 1.29 is 29.3 Å². The molecule has 1 unspecified atom stereocenters. The highest BCUT2D eigenvalue weighted by molar-refractivity contribution is 7.80. The zero-order valence-electron chi connectivity index (χ0n) is 12.0. The Morgan fingerprint density at radius 2 is 1.90 bits per heavy atom. The van der Waals surface area contributed by atoms with Crippen LogP contribution in [0.1, 0.15) is 26.7 Å². The Balaban J connectivity index is 4.47. The molecule has 21 heavy (non-hydrogen) atoms. The summed E-state index contributed by atoms with van der Waals surface area (Å²) in [5.74, 6) is -2.17. The molecule has 0 saturated heterocycles. The topological polar surface area (TPSA) is 125 Å². The van der Waals surface area contributed by atoms with E-state index in [9.17, 15) is 19.5 Å². The van der Waals surface area contributed by atoms with Crippen LogP contribution in [0.25, 0.3) is 0 Å². The largest absolute Gasteiger partial charge is 0.480 e. The highest BCUT2D eigenvalue weighted by Crippen LogP contribution is 1.97. The second kappa shape index (κ2) is 10.3. The van der Waals surface area contributed by atoms with Crippen LogP contribution >= 0.6 is 12.6 Å². The molecule has 0 aromatic carbocycles. The molecule has 0 aliphatic carbocycles. The number of carboxylic acid groups (broad SMARTS) is 1. The third-order valence-corrected chi connectivity index (χ3v) is 2.93. The molecule has 0 radical (unpaired) electrons. The van der Waals surface area contributed by atoms with Crippen molar-refractivity contribution in [2.75, 3.05) is 12.4 Å². The van der Waals surface area contributed by atoms with Crippen molar-refractivity contribution in [2.24, 2.45) is 0 Å². The van der Waals surface area contributed by atoms with Gasteiger partial charge in [-0.3, -0.25) is 4.79 Å². The van der Waals surface area contributed by atoms with Crippen molar-refractivity contribution >= 4 is 30.6 Å². The van der Waals surface area contributed by atoms with Gasteiger partial charge in [0.1, 0.15) is 6.04 Å². The summed E-state index contributed by atoms with van der Waals surface area (Å²) in [7, 11) is 0. The maximum absolute atomic E-state index is 11.9. The number of amides is 2. The van der Waals surface area contributed by atoms with Crippen LogP contribution < -0.4 is 10.6 Å². The van der Waals surface area contributed by atoms with E-state index in [-0.39, 0.29) is 12.4 Å². The predicted molar refractivity (Wildman–Crippen MR) is 78.3 cm³/mol. The van der Waals surface area contributed by atoms with E-state index in [2.05, 4.69) is 23.3 Å². The van der Waals surface area contributed by atoms with Crippen LogP contribution in [0, 0.1) is 0 Å². The fraction of sp³-hybridized carbons (Fsp3) is 0.750. The van der Waals surface area contributed by atoms with Gasteiger partial charge in [-0.1, -0.05) is 13.3 Å². The highest BCUT2D eigenvalue weighted by atomic mass is 32.1. The van der Waals surface area contributed by atoms with Gasteiger partial charge in [0.15, 0.2) is 6.04 Å². The van der Waals surface area contributed by atoms with E-state index in [0.717, 1.165) is 6.42 Å². The van der Waals surface area contributed by atoms with Crippen molar-refractivity contribution in [1.82, 2.24) is 10.6 Å². The zero-order chi connectivity index (χ0) is 16.4. The Hall–Kier alpha value is -1.48. The summed E-state index contributed by atoms with van der Waals surface area (Å²) in [5, 5.41) is 22.6. The predicted octanol–water partition coefficient (Wildman–Crippen LogP) is -0.239. The van der Waals surface area contributed by atoms with Crippen LogP contribution in [-0.2, 0) is 14.3 Å². The molecule has 3 atom stereocenters. The van der Waals surface area contributed by atoms with Gasteiger partial charge in [-0.25, -0.2) is 9.59 Å². The Kier molecular flexibility index (Phi) is 9.55. The van der Waals surface area contributed by atoms with Crippen LogP contribution in [0.4, 0.5) is 4.79 Å². The van der Waals surface area contributed by atoms with Crippen LogP contribution in [0.3, 0.4) is 0 Å². The number of thiol groups is 1. The number of rotatable bonds is 9. The van der Waals surface area contributed by atoms with E-state index >= 15 is 0 Å². The number of hydrogen-bond donors (Lipinski definition) is 5. The lowest BCUT2D eigenvalue weighted by atomic mass is 10.1. The Morgan fingerprint density at radius 1 is 1.29 bits per heavy atom. The highest BCUT2D eigenvalue weighted by Gasteiger charge is 2.29. The molecule has 0 aromatic rings. The molecule has 122 valence electrons. The molecule has 0 aliphatic rings. The van der Waals surface area contributed by atoms with Crippen molar-refractivity contribution in [1.29, 1.82) is 0 Å². The molecule has 0 aromatic heterocycles. The molecule has 0 aliphatic heterocycles. The van der Waals surface area contributed by atoms with Gasteiger partial charge in [0.05, 0.1) is 12.7 Å². The van der Waals surface area contributed by atoms with E-state index in [0.29, 0.717) is 6.42 Å². The monoisotopic (exact) mass is 322 g/mol. The minimum atomic E-state index is -1.46. The summed E-state index contributed by atoms with van der Waals surface area (Å²) in [6.45, 7) is 3.41. The molecule has 0 saturated carbocycles. The van der Waals surface area contributed by atoms with Gasteiger partial charge < -0.3 is 25.6 Å². The van der Waals surface area contributed by atoms with E-state index in [1.165, 1.54) is 6.92 Å². The number of hydrogen-bond acceptors (Lipinski definition) is 6. The Morgan fingerprint density at radius 3 is 2.33 bits per heavy atom. The number of alkyl carbamates (subject to hydrolysis) is 1. The molecule has 8 nitrogen and oxygen atoms in total. The number of aliphatic hydroxyl groups is 1. The van der Waals surface area contributed by atoms with E-state index in [1.54, 1.807) is 0 Å². The zero-order valence-corrected chi connectivity index (χ0v) is 12.9. The first-order valence-electron chi connectivity index (χ1n) is 6.58. The van der Waals surface area contributed by atoms with E-state index in [1.807, 2.05) is 6.92 Å². The first kappa shape index (κ1) is 19.5. The van der Waals surface area contributed by atoms with Gasteiger partial charge in [-0.05, 0) is 13.3 Å². The quantitative estimate of drug-likeness (QED) is 0.295. The summed E-state index contributed by atoms with van der Waals surface area (Å²) in [6.07, 6.45) is -0.489. The third-order valence-electron chi connectivity index (χ3n) is 2.57. The smallest absolute Gasteiger partial charge is 0.407 e. The average Bonchev–Trinajstić information content (AvgIpc) is 2.41. The van der Waals surface area contributed by atoms with Crippen molar-refractivity contribution in [3.8, 4) is 0 Å². The number of aliphatic hydroxyl groups excluding tert-OH is 1. The molecule has 9 heteroatoms. The lowest BCUT2D eigenvalue weighted by Gasteiger charge is -2.21. The number of carboxylic acids is 1. The first-order chi connectivity index (χ1) is 9.83. The minimum absolute atomic E-state index is 0.0408. The summed E-state index contributed by atoms with van der Waals surface area (Å²) in [6, 6.07) is -2.51. The van der Waals surface area contributed by atoms with Gasteiger partial charge in [-0.15, -0.1) is 0 Å². The molecular formula is C12H22N2O6S. The van der Waals surface area contributed by atoms with E-state index in [4.69, 9.17) is 9.84 Å².